The van der Waals surface area contributed by atoms with Crippen LogP contribution in [0, 0.1) is 6.92 Å². The van der Waals surface area contributed by atoms with Gasteiger partial charge in [0, 0.05) is 43.9 Å². The van der Waals surface area contributed by atoms with Gasteiger partial charge in [-0.05, 0) is 19.8 Å². The van der Waals surface area contributed by atoms with Crippen LogP contribution in [-0.2, 0) is 7.05 Å². The van der Waals surface area contributed by atoms with Gasteiger partial charge in [-0.15, -0.1) is 0 Å². The number of nitrogens with zero attached hydrogens (tertiary/aromatic N) is 5. The predicted molar refractivity (Wildman–Crippen MR) is 76.7 cm³/mol. The van der Waals surface area contributed by atoms with Gasteiger partial charge >= 0.3 is 0 Å². The molecule has 0 spiro atoms. The summed E-state index contributed by atoms with van der Waals surface area (Å²) >= 11 is 1.44. The molecule has 102 valence electrons. The number of aryl methyl sites for hydroxylation is 2. The SMILES string of the molecule is Cc1nsc(N[C@@H]2CCCN(c3cnn(C)c3)C2)n1. The molecule has 0 aliphatic carbocycles. The Morgan fingerprint density at radius 1 is 1.47 bits per heavy atom. The van der Waals surface area contributed by atoms with Crippen molar-refractivity contribution < 1.29 is 0 Å². The summed E-state index contributed by atoms with van der Waals surface area (Å²) in [7, 11) is 1.95. The normalized spacial score (nSPS) is 19.7. The highest BCUT2D eigenvalue weighted by atomic mass is 32.1. The van der Waals surface area contributed by atoms with Crippen molar-refractivity contribution in [3.8, 4) is 0 Å². The first-order valence-corrected chi connectivity index (χ1v) is 7.28. The number of aromatic nitrogens is 4. The lowest BCUT2D eigenvalue weighted by Gasteiger charge is -2.33. The number of hydrogen-bond donors (Lipinski definition) is 1. The molecule has 1 atom stereocenters. The van der Waals surface area contributed by atoms with E-state index in [4.69, 9.17) is 0 Å². The van der Waals surface area contributed by atoms with Crippen molar-refractivity contribution in [3.63, 3.8) is 0 Å². The zero-order valence-corrected chi connectivity index (χ0v) is 12.0. The fourth-order valence-electron chi connectivity index (χ4n) is 2.43. The van der Waals surface area contributed by atoms with Crippen LogP contribution in [0.4, 0.5) is 10.8 Å². The third-order valence-corrected chi connectivity index (χ3v) is 4.07. The lowest BCUT2D eigenvalue weighted by molar-refractivity contribution is 0.530. The Kier molecular flexibility index (Phi) is 3.37. The topological polar surface area (TPSA) is 58.9 Å². The van der Waals surface area contributed by atoms with E-state index in [0.717, 1.165) is 24.0 Å². The van der Waals surface area contributed by atoms with Gasteiger partial charge in [-0.2, -0.15) is 9.47 Å². The van der Waals surface area contributed by atoms with Crippen molar-refractivity contribution >= 4 is 22.4 Å². The fraction of sp³-hybridized carbons (Fsp3) is 0.583. The van der Waals surface area contributed by atoms with Crippen molar-refractivity contribution in [2.45, 2.75) is 25.8 Å². The zero-order valence-electron chi connectivity index (χ0n) is 11.2. The Morgan fingerprint density at radius 2 is 2.37 bits per heavy atom. The lowest BCUT2D eigenvalue weighted by Crippen LogP contribution is -2.42. The Labute approximate surface area is 116 Å². The van der Waals surface area contributed by atoms with Gasteiger partial charge in [0.15, 0.2) is 0 Å². The zero-order chi connectivity index (χ0) is 13.2. The maximum absolute atomic E-state index is 4.37. The van der Waals surface area contributed by atoms with E-state index in [2.05, 4.69) is 30.9 Å². The van der Waals surface area contributed by atoms with Crippen LogP contribution in [0.25, 0.3) is 0 Å². The molecule has 0 radical (unpaired) electrons. The number of nitrogens with one attached hydrogen (secondary N) is 1. The number of piperidine rings is 1. The first kappa shape index (κ1) is 12.4. The highest BCUT2D eigenvalue weighted by molar-refractivity contribution is 7.09. The summed E-state index contributed by atoms with van der Waals surface area (Å²) in [5.41, 5.74) is 1.20. The van der Waals surface area contributed by atoms with Gasteiger partial charge in [0.2, 0.25) is 5.13 Å². The van der Waals surface area contributed by atoms with Crippen LogP contribution in [0.3, 0.4) is 0 Å². The van der Waals surface area contributed by atoms with Gasteiger partial charge in [-0.1, -0.05) is 0 Å². The minimum Gasteiger partial charge on any atom is -0.367 e. The van der Waals surface area contributed by atoms with E-state index in [-0.39, 0.29) is 0 Å². The second-order valence-corrected chi connectivity index (χ2v) is 5.70. The molecule has 3 rings (SSSR count). The van der Waals surface area contributed by atoms with E-state index in [0.29, 0.717) is 6.04 Å². The largest absolute Gasteiger partial charge is 0.367 e. The van der Waals surface area contributed by atoms with E-state index >= 15 is 0 Å². The third-order valence-electron chi connectivity index (χ3n) is 3.33. The van der Waals surface area contributed by atoms with Crippen molar-refractivity contribution in [2.75, 3.05) is 23.3 Å². The van der Waals surface area contributed by atoms with Gasteiger partial charge < -0.3 is 10.2 Å². The second kappa shape index (κ2) is 5.16. The summed E-state index contributed by atoms with van der Waals surface area (Å²) in [4.78, 5) is 6.75. The first-order chi connectivity index (χ1) is 9.20. The smallest absolute Gasteiger partial charge is 0.202 e. The monoisotopic (exact) mass is 278 g/mol. The van der Waals surface area contributed by atoms with Crippen LogP contribution < -0.4 is 10.2 Å². The molecule has 1 saturated heterocycles. The van der Waals surface area contributed by atoms with E-state index < -0.39 is 0 Å². The molecule has 0 unspecified atom stereocenters. The summed E-state index contributed by atoms with van der Waals surface area (Å²) in [6.45, 7) is 4.01. The minimum atomic E-state index is 0.432. The molecule has 2 aromatic rings. The highest BCUT2D eigenvalue weighted by Gasteiger charge is 2.21. The Balaban J connectivity index is 1.64. The molecule has 0 aromatic carbocycles. The van der Waals surface area contributed by atoms with Crippen molar-refractivity contribution in [1.82, 2.24) is 19.1 Å². The van der Waals surface area contributed by atoms with Crippen LogP contribution in [-0.4, -0.2) is 38.3 Å². The van der Waals surface area contributed by atoms with E-state index in [1.54, 1.807) is 0 Å². The molecule has 0 saturated carbocycles. The van der Waals surface area contributed by atoms with Gasteiger partial charge in [-0.25, -0.2) is 4.98 Å². The van der Waals surface area contributed by atoms with Crippen molar-refractivity contribution in [1.29, 1.82) is 0 Å². The average molecular weight is 278 g/mol. The molecule has 0 amide bonds. The van der Waals surface area contributed by atoms with Gasteiger partial charge in [0.25, 0.3) is 0 Å². The quantitative estimate of drug-likeness (QED) is 0.925. The fourth-order valence-corrected chi connectivity index (χ4v) is 3.08. The van der Waals surface area contributed by atoms with Gasteiger partial charge in [-0.3, -0.25) is 4.68 Å². The summed E-state index contributed by atoms with van der Waals surface area (Å²) < 4.78 is 6.05. The van der Waals surface area contributed by atoms with Crippen molar-refractivity contribution in [2.24, 2.45) is 7.05 Å². The maximum Gasteiger partial charge on any atom is 0.202 e. The molecular formula is C12H18N6S. The van der Waals surface area contributed by atoms with Crippen LogP contribution >= 0.6 is 11.5 Å². The number of anilines is 2. The summed E-state index contributed by atoms with van der Waals surface area (Å²) in [5.74, 6) is 0.840. The summed E-state index contributed by atoms with van der Waals surface area (Å²) in [6, 6.07) is 0.432. The Bertz CT molecular complexity index is 548. The van der Waals surface area contributed by atoms with Crippen LogP contribution in [0.1, 0.15) is 18.7 Å². The molecule has 19 heavy (non-hydrogen) atoms. The van der Waals surface area contributed by atoms with Crippen LogP contribution in [0.5, 0.6) is 0 Å². The van der Waals surface area contributed by atoms with Crippen LogP contribution in [0.2, 0.25) is 0 Å². The van der Waals surface area contributed by atoms with E-state index in [1.807, 2.05) is 24.9 Å². The Morgan fingerprint density at radius 3 is 3.05 bits per heavy atom. The van der Waals surface area contributed by atoms with Crippen molar-refractivity contribution in [3.05, 3.63) is 18.2 Å². The maximum atomic E-state index is 4.37. The third kappa shape index (κ3) is 2.86. The van der Waals surface area contributed by atoms with Gasteiger partial charge in [0.1, 0.15) is 5.82 Å². The molecular weight excluding hydrogens is 260 g/mol. The standard InChI is InChI=1S/C12H18N6S/c1-9-14-12(19-16-9)15-10-4-3-5-18(7-10)11-6-13-17(2)8-11/h6,8,10H,3-5,7H2,1-2H3,(H,14,15,16)/t10-/m1/s1. The van der Waals surface area contributed by atoms with E-state index in [1.165, 1.54) is 30.1 Å². The highest BCUT2D eigenvalue weighted by Crippen LogP contribution is 2.22. The summed E-state index contributed by atoms with van der Waals surface area (Å²) in [6.07, 6.45) is 6.36. The number of hydrogen-bond acceptors (Lipinski definition) is 6. The van der Waals surface area contributed by atoms with E-state index in [9.17, 15) is 0 Å². The molecule has 0 bridgehead atoms. The molecule has 1 aliphatic rings. The van der Waals surface area contributed by atoms with Gasteiger partial charge in [0.05, 0.1) is 11.9 Å². The molecule has 2 aromatic heterocycles. The molecule has 7 heteroatoms. The molecule has 6 nitrogen and oxygen atoms in total. The lowest BCUT2D eigenvalue weighted by atomic mass is 10.1. The molecule has 3 heterocycles. The summed E-state index contributed by atoms with van der Waals surface area (Å²) in [5, 5.41) is 8.65. The predicted octanol–water partition coefficient (Wildman–Crippen LogP) is 1.66. The minimum absolute atomic E-state index is 0.432. The average Bonchev–Trinajstić information content (AvgIpc) is 2.99. The Hall–Kier alpha value is -1.63. The van der Waals surface area contributed by atoms with Crippen LogP contribution in [0.15, 0.2) is 12.4 Å². The molecule has 1 aliphatic heterocycles. The second-order valence-electron chi connectivity index (χ2n) is 4.95. The molecule has 1 N–H and O–H groups in total. The molecule has 1 fully saturated rings. The first-order valence-electron chi connectivity index (χ1n) is 6.51. The number of rotatable bonds is 3.